The Balaban J connectivity index is 1.41. The molecule has 1 N–H and O–H groups in total. The second kappa shape index (κ2) is 8.64. The van der Waals surface area contributed by atoms with Crippen LogP contribution in [-0.2, 0) is 4.74 Å². The largest absolute Gasteiger partial charge is 0.444 e. The third-order valence-electron chi connectivity index (χ3n) is 5.86. The number of piperidine rings is 1. The Morgan fingerprint density at radius 2 is 1.83 bits per heavy atom. The van der Waals surface area contributed by atoms with Crippen molar-refractivity contribution in [3.05, 3.63) is 58.4 Å². The molecular weight excluding hydrogens is 455 g/mol. The number of amides is 1. The number of carbonyl (C=O) groups is 1. The van der Waals surface area contributed by atoms with Gasteiger partial charge in [0.2, 0.25) is 0 Å². The zero-order valence-electron chi connectivity index (χ0n) is 19.6. The van der Waals surface area contributed by atoms with Crippen molar-refractivity contribution in [2.75, 3.05) is 13.1 Å². The molecule has 1 aliphatic rings. The summed E-state index contributed by atoms with van der Waals surface area (Å²) in [6.45, 7) is 6.53. The van der Waals surface area contributed by atoms with Gasteiger partial charge in [0.05, 0.1) is 17.5 Å². The van der Waals surface area contributed by atoms with Gasteiger partial charge in [0.15, 0.2) is 0 Å². The lowest BCUT2D eigenvalue weighted by Gasteiger charge is -2.33. The molecule has 0 atom stereocenters. The van der Waals surface area contributed by atoms with E-state index in [4.69, 9.17) is 9.15 Å². The number of halogens is 1. The number of ether oxygens (including phenoxy) is 1. The topological polar surface area (TPSA) is 119 Å². The number of benzene rings is 1. The van der Waals surface area contributed by atoms with Gasteiger partial charge >= 0.3 is 6.09 Å². The lowest BCUT2D eigenvalue weighted by atomic mass is 9.93. The Hall–Kier alpha value is -4.02. The predicted octanol–water partition coefficient (Wildman–Crippen LogP) is 3.99. The van der Waals surface area contributed by atoms with Gasteiger partial charge in [-0.2, -0.15) is 5.10 Å². The number of aromatic amines is 1. The molecule has 35 heavy (non-hydrogen) atoms. The molecule has 0 radical (unpaired) electrons. The van der Waals surface area contributed by atoms with Crippen molar-refractivity contribution in [2.45, 2.75) is 45.1 Å². The molecule has 0 spiro atoms. The molecule has 1 fully saturated rings. The maximum atomic E-state index is 14.1. The normalized spacial score (nSPS) is 15.0. The number of H-pyrrole nitrogens is 1. The number of aromatic nitrogens is 5. The summed E-state index contributed by atoms with van der Waals surface area (Å²) in [7, 11) is 0. The lowest BCUT2D eigenvalue weighted by molar-refractivity contribution is 0.0203. The summed E-state index contributed by atoms with van der Waals surface area (Å²) in [5.41, 5.74) is 0.911. The number of hydrogen-bond acceptors (Lipinski definition) is 7. The molecule has 1 aromatic carbocycles. The molecule has 11 heteroatoms. The van der Waals surface area contributed by atoms with Gasteiger partial charge in [-0.1, -0.05) is 12.1 Å². The van der Waals surface area contributed by atoms with E-state index in [-0.39, 0.29) is 34.9 Å². The van der Waals surface area contributed by atoms with Crippen LogP contribution in [0.5, 0.6) is 0 Å². The summed E-state index contributed by atoms with van der Waals surface area (Å²) < 4.78 is 27.0. The van der Waals surface area contributed by atoms with E-state index in [2.05, 4.69) is 20.3 Å². The summed E-state index contributed by atoms with van der Waals surface area (Å²) in [5.74, 6) is -0.310. The first-order valence-corrected chi connectivity index (χ1v) is 11.4. The van der Waals surface area contributed by atoms with Crippen LogP contribution in [-0.4, -0.2) is 54.5 Å². The maximum Gasteiger partial charge on any atom is 0.410 e. The average Bonchev–Trinajstić information content (AvgIpc) is 3.45. The zero-order chi connectivity index (χ0) is 24.7. The fraction of sp³-hybridized carbons (Fsp3) is 0.375. The zero-order valence-corrected chi connectivity index (χ0v) is 19.6. The molecule has 0 aliphatic carbocycles. The van der Waals surface area contributed by atoms with Gasteiger partial charge in [0.1, 0.15) is 22.6 Å². The fourth-order valence-electron chi connectivity index (χ4n) is 4.22. The third-order valence-corrected chi connectivity index (χ3v) is 5.86. The van der Waals surface area contributed by atoms with E-state index in [1.807, 2.05) is 20.8 Å². The lowest BCUT2D eigenvalue weighted by Crippen LogP contribution is -2.41. The molecule has 5 rings (SSSR count). The maximum absolute atomic E-state index is 14.1. The van der Waals surface area contributed by atoms with E-state index in [9.17, 15) is 14.0 Å². The number of nitrogens with one attached hydrogen (secondary N) is 1. The van der Waals surface area contributed by atoms with Gasteiger partial charge in [0.25, 0.3) is 17.3 Å². The molecule has 4 heterocycles. The summed E-state index contributed by atoms with van der Waals surface area (Å²) >= 11 is 0. The number of nitrogens with zero attached hydrogens (tertiary/aromatic N) is 5. The van der Waals surface area contributed by atoms with Crippen molar-refractivity contribution in [3.8, 4) is 22.9 Å². The predicted molar refractivity (Wildman–Crippen MR) is 124 cm³/mol. The molecular formula is C24H25FN6O4. The summed E-state index contributed by atoms with van der Waals surface area (Å²) in [4.78, 5) is 29.4. The van der Waals surface area contributed by atoms with Crippen molar-refractivity contribution in [3.63, 3.8) is 0 Å². The van der Waals surface area contributed by atoms with Crippen LogP contribution in [0.1, 0.15) is 45.2 Å². The summed E-state index contributed by atoms with van der Waals surface area (Å²) in [5, 5.41) is 12.5. The van der Waals surface area contributed by atoms with Crippen LogP contribution in [0, 0.1) is 5.82 Å². The van der Waals surface area contributed by atoms with Crippen LogP contribution < -0.4 is 5.56 Å². The van der Waals surface area contributed by atoms with Crippen molar-refractivity contribution < 1.29 is 18.3 Å². The number of rotatable bonds is 3. The van der Waals surface area contributed by atoms with Crippen LogP contribution in [0.25, 0.3) is 28.6 Å². The van der Waals surface area contributed by atoms with Crippen LogP contribution in [0.3, 0.4) is 0 Å². The monoisotopic (exact) mass is 480 g/mol. The molecule has 1 saturated heterocycles. The number of likely N-dealkylation sites (tertiary alicyclic amines) is 1. The summed E-state index contributed by atoms with van der Waals surface area (Å²) in [6.07, 6.45) is 2.51. The molecule has 4 aromatic rings. The molecule has 1 amide bonds. The summed E-state index contributed by atoms with van der Waals surface area (Å²) in [6, 6.07) is 7.63. The van der Waals surface area contributed by atoms with Crippen molar-refractivity contribution in [2.24, 2.45) is 0 Å². The van der Waals surface area contributed by atoms with Crippen molar-refractivity contribution in [1.82, 2.24) is 29.7 Å². The molecule has 182 valence electrons. The third kappa shape index (κ3) is 4.53. The van der Waals surface area contributed by atoms with Crippen LogP contribution >= 0.6 is 0 Å². The molecule has 10 nitrogen and oxygen atoms in total. The Bertz CT molecular complexity index is 1440. The minimum Gasteiger partial charge on any atom is -0.444 e. The first-order valence-electron chi connectivity index (χ1n) is 11.4. The van der Waals surface area contributed by atoms with Gasteiger partial charge in [-0.25, -0.2) is 13.7 Å². The van der Waals surface area contributed by atoms with E-state index >= 15 is 0 Å². The molecule has 0 bridgehead atoms. The first kappa shape index (κ1) is 22.8. The van der Waals surface area contributed by atoms with E-state index in [1.165, 1.54) is 18.3 Å². The fourth-order valence-corrected chi connectivity index (χ4v) is 4.22. The first-order chi connectivity index (χ1) is 16.7. The smallest absolute Gasteiger partial charge is 0.410 e. The highest BCUT2D eigenvalue weighted by molar-refractivity contribution is 5.72. The van der Waals surface area contributed by atoms with E-state index in [0.717, 1.165) is 5.69 Å². The molecule has 1 aliphatic heterocycles. The number of fused-ring (bicyclic) bond motifs is 1. The average molecular weight is 481 g/mol. The van der Waals surface area contributed by atoms with Gasteiger partial charge < -0.3 is 19.0 Å². The van der Waals surface area contributed by atoms with Gasteiger partial charge in [-0.05, 0) is 45.7 Å². The molecule has 3 aromatic heterocycles. The minimum atomic E-state index is -0.556. The van der Waals surface area contributed by atoms with Crippen molar-refractivity contribution in [1.29, 1.82) is 0 Å². The Morgan fingerprint density at radius 1 is 1.14 bits per heavy atom. The van der Waals surface area contributed by atoms with E-state index < -0.39 is 11.4 Å². The van der Waals surface area contributed by atoms with Gasteiger partial charge in [-0.3, -0.25) is 4.79 Å². The van der Waals surface area contributed by atoms with E-state index in [0.29, 0.717) is 37.1 Å². The van der Waals surface area contributed by atoms with Crippen molar-refractivity contribution >= 4 is 11.7 Å². The second-order valence-corrected chi connectivity index (χ2v) is 9.51. The standard InChI is InChI=1S/C24H25FN6O4/c1-24(2,3)35-23(33)30-10-8-14(9-11-30)18-12-19(32)27-20-16(13-26-31(18)20)22-29-28-21(34-22)15-6-4-5-7-17(15)25/h4-7,12-14H,8-11H2,1-3H3,(H,27,32). The van der Waals surface area contributed by atoms with Gasteiger partial charge in [0, 0.05) is 25.1 Å². The van der Waals surface area contributed by atoms with E-state index in [1.54, 1.807) is 27.6 Å². The molecule has 0 unspecified atom stereocenters. The number of carbonyl (C=O) groups excluding carboxylic acids is 1. The van der Waals surface area contributed by atoms with Crippen LogP contribution in [0.15, 0.2) is 45.7 Å². The highest BCUT2D eigenvalue weighted by Crippen LogP contribution is 2.31. The minimum absolute atomic E-state index is 0.0166. The molecule has 0 saturated carbocycles. The second-order valence-electron chi connectivity index (χ2n) is 9.51. The van der Waals surface area contributed by atoms with Crippen LogP contribution in [0.4, 0.5) is 9.18 Å². The van der Waals surface area contributed by atoms with Crippen LogP contribution in [0.2, 0.25) is 0 Å². The highest BCUT2D eigenvalue weighted by Gasteiger charge is 2.29. The Kier molecular flexibility index (Phi) is 5.62. The SMILES string of the molecule is CC(C)(C)OC(=O)N1CCC(c2cc(=O)[nH]c3c(-c4nnc(-c5ccccc5F)o4)cnn23)CC1. The number of hydrogen-bond donors (Lipinski definition) is 1. The Morgan fingerprint density at radius 3 is 2.51 bits per heavy atom. The Labute approximate surface area is 199 Å². The van der Waals surface area contributed by atoms with Gasteiger partial charge in [-0.15, -0.1) is 10.2 Å². The highest BCUT2D eigenvalue weighted by atomic mass is 19.1. The quantitative estimate of drug-likeness (QED) is 0.471.